The molecule has 208 valence electrons. The molecule has 12 nitrogen and oxygen atoms in total. The van der Waals surface area contributed by atoms with Crippen molar-refractivity contribution in [3.63, 3.8) is 0 Å². The fourth-order valence-corrected chi connectivity index (χ4v) is 6.03. The molecule has 0 amide bonds. The molecule has 3 heterocycles. The lowest BCUT2D eigenvalue weighted by atomic mass is 9.69. The van der Waals surface area contributed by atoms with E-state index in [9.17, 15) is 14.7 Å². The molecule has 13 heteroatoms. The van der Waals surface area contributed by atoms with Gasteiger partial charge in [-0.25, -0.2) is 4.68 Å². The number of phenols is 1. The van der Waals surface area contributed by atoms with Crippen LogP contribution < -0.4 is 29.0 Å². The number of hydrogen-bond acceptors (Lipinski definition) is 11. The third kappa shape index (κ3) is 3.25. The highest BCUT2D eigenvalue weighted by atomic mass is 35.5. The van der Waals surface area contributed by atoms with Gasteiger partial charge in [0.1, 0.15) is 34.5 Å². The van der Waals surface area contributed by atoms with E-state index in [1.807, 2.05) is 0 Å². The Morgan fingerprint density at radius 1 is 1.02 bits per heavy atom. The minimum absolute atomic E-state index is 0.0295. The molecule has 0 radical (unpaired) electrons. The van der Waals surface area contributed by atoms with Crippen LogP contribution in [0.3, 0.4) is 0 Å². The highest BCUT2D eigenvalue weighted by Crippen LogP contribution is 2.56. The molecule has 0 saturated heterocycles. The highest BCUT2D eigenvalue weighted by molar-refractivity contribution is 6.36. The van der Waals surface area contributed by atoms with Gasteiger partial charge in [0.2, 0.25) is 28.9 Å². The first-order valence-corrected chi connectivity index (χ1v) is 12.7. The number of aromatic nitrogens is 3. The summed E-state index contributed by atoms with van der Waals surface area (Å²) in [4.78, 5) is 33.2. The van der Waals surface area contributed by atoms with Crippen molar-refractivity contribution < 1.29 is 38.4 Å². The van der Waals surface area contributed by atoms with Gasteiger partial charge in [0, 0.05) is 23.3 Å². The van der Waals surface area contributed by atoms with Crippen molar-refractivity contribution in [2.24, 2.45) is 5.92 Å². The molecule has 1 aromatic heterocycles. The normalized spacial score (nSPS) is 22.8. The summed E-state index contributed by atoms with van der Waals surface area (Å²) in [7, 11) is 5.65. The number of Topliss-reactive ketones (excluding diaryl/α,β-unsaturated/α-hetero) is 2. The maximum Gasteiger partial charge on any atom is 0.236 e. The number of benzene rings is 2. The van der Waals surface area contributed by atoms with Crippen LogP contribution in [0.15, 0.2) is 35.8 Å². The van der Waals surface area contributed by atoms with E-state index in [1.54, 1.807) is 19.1 Å². The van der Waals surface area contributed by atoms with Crippen LogP contribution in [0.5, 0.6) is 34.5 Å². The maximum atomic E-state index is 14.7. The number of methoxy groups -OCH3 is 4. The minimum Gasteiger partial charge on any atom is -0.502 e. The van der Waals surface area contributed by atoms with Crippen molar-refractivity contribution in [2.45, 2.75) is 25.0 Å². The van der Waals surface area contributed by atoms with Crippen LogP contribution in [0.25, 0.3) is 0 Å². The lowest BCUT2D eigenvalue weighted by Crippen LogP contribution is -2.58. The van der Waals surface area contributed by atoms with Gasteiger partial charge in [0.25, 0.3) is 0 Å². The Kier molecular flexibility index (Phi) is 5.84. The third-order valence-corrected chi connectivity index (χ3v) is 8.06. The van der Waals surface area contributed by atoms with Gasteiger partial charge in [0.15, 0.2) is 17.2 Å². The van der Waals surface area contributed by atoms with Crippen molar-refractivity contribution in [1.82, 2.24) is 14.8 Å². The number of hydrogen-bond donors (Lipinski definition) is 2. The van der Waals surface area contributed by atoms with Crippen LogP contribution in [0.1, 0.15) is 35.3 Å². The SMILES string of the molecule is COc1cc(C2C3=C(CC(C)C4(Oc5c(Cl)c(OC)cc(OC)c5C4=O)C3=O)Nc3ncnn32)cc(OC)c1O. The Balaban J connectivity index is 1.56. The molecule has 1 aliphatic carbocycles. The first-order chi connectivity index (χ1) is 19.2. The quantitative estimate of drug-likeness (QED) is 0.436. The van der Waals surface area contributed by atoms with Crippen molar-refractivity contribution >= 4 is 29.1 Å². The molecule has 0 saturated carbocycles. The Hall–Kier alpha value is -4.45. The van der Waals surface area contributed by atoms with Gasteiger partial charge in [0.05, 0.1) is 28.4 Å². The van der Waals surface area contributed by atoms with E-state index in [4.69, 9.17) is 35.3 Å². The number of nitrogens with zero attached hydrogens (tertiary/aromatic N) is 3. The molecule has 3 aromatic rings. The van der Waals surface area contributed by atoms with Crippen molar-refractivity contribution in [3.05, 3.63) is 51.9 Å². The predicted molar refractivity (Wildman–Crippen MR) is 141 cm³/mol. The summed E-state index contributed by atoms with van der Waals surface area (Å²) in [6.45, 7) is 1.77. The average Bonchev–Trinajstić information content (AvgIpc) is 3.55. The number of aromatic hydroxyl groups is 1. The number of ether oxygens (including phenoxy) is 5. The molecule has 1 spiro atoms. The van der Waals surface area contributed by atoms with Crippen LogP contribution in [0.2, 0.25) is 5.02 Å². The summed E-state index contributed by atoms with van der Waals surface area (Å²) >= 11 is 6.57. The first-order valence-electron chi connectivity index (χ1n) is 12.3. The largest absolute Gasteiger partial charge is 0.502 e. The topological polar surface area (TPSA) is 143 Å². The Morgan fingerprint density at radius 3 is 2.30 bits per heavy atom. The van der Waals surface area contributed by atoms with Gasteiger partial charge >= 0.3 is 0 Å². The molecule has 0 bridgehead atoms. The van der Waals surface area contributed by atoms with Crippen LogP contribution in [-0.4, -0.2) is 65.5 Å². The Bertz CT molecular complexity index is 1610. The molecule has 3 unspecified atom stereocenters. The zero-order chi connectivity index (χ0) is 28.5. The summed E-state index contributed by atoms with van der Waals surface area (Å²) in [6.07, 6.45) is 1.63. The van der Waals surface area contributed by atoms with Gasteiger partial charge in [-0.3, -0.25) is 9.59 Å². The third-order valence-electron chi connectivity index (χ3n) is 7.70. The maximum absolute atomic E-state index is 14.7. The lowest BCUT2D eigenvalue weighted by molar-refractivity contribution is -0.130. The molecule has 3 atom stereocenters. The number of rotatable bonds is 5. The van der Waals surface area contributed by atoms with Gasteiger partial charge in [-0.2, -0.15) is 10.1 Å². The number of nitrogens with one attached hydrogen (secondary N) is 1. The highest BCUT2D eigenvalue weighted by Gasteiger charge is 2.63. The standard InChI is InChI=1S/C27H25ClN4O8/c1-11-6-13-18(24(34)27(11)25(35)19-14(36-2)9-15(37-3)20(28)23(19)40-27)21(32-26(31-13)29-10-30-32)12-7-16(38-4)22(33)17(8-12)39-5/h7-11,21,33H,6H2,1-5H3,(H,29,30,31). The molecular weight excluding hydrogens is 544 g/mol. The number of carbonyl (C=O) groups excluding carboxylic acids is 2. The molecule has 2 N–H and O–H groups in total. The van der Waals surface area contributed by atoms with Crippen LogP contribution in [0, 0.1) is 5.92 Å². The lowest BCUT2D eigenvalue weighted by Gasteiger charge is -2.41. The van der Waals surface area contributed by atoms with E-state index >= 15 is 0 Å². The number of carbonyl (C=O) groups is 2. The zero-order valence-corrected chi connectivity index (χ0v) is 23.0. The number of ketones is 2. The van der Waals surface area contributed by atoms with Crippen LogP contribution in [0.4, 0.5) is 5.95 Å². The Morgan fingerprint density at radius 2 is 1.68 bits per heavy atom. The number of fused-ring (bicyclic) bond motifs is 2. The second-order valence-electron chi connectivity index (χ2n) is 9.62. The minimum atomic E-state index is -1.92. The molecule has 6 rings (SSSR count). The van der Waals surface area contributed by atoms with Gasteiger partial charge in [-0.05, 0) is 24.1 Å². The molecular formula is C27H25ClN4O8. The number of halogens is 1. The number of anilines is 1. The monoisotopic (exact) mass is 568 g/mol. The fourth-order valence-electron chi connectivity index (χ4n) is 5.77. The number of phenolic OH excluding ortho intramolecular Hbond substituents is 1. The summed E-state index contributed by atoms with van der Waals surface area (Å²) < 4.78 is 29.4. The van der Waals surface area contributed by atoms with Gasteiger partial charge in [-0.15, -0.1) is 0 Å². The van der Waals surface area contributed by atoms with Gasteiger partial charge < -0.3 is 34.1 Å². The predicted octanol–water partition coefficient (Wildman–Crippen LogP) is 3.56. The Labute approximate surface area is 233 Å². The van der Waals surface area contributed by atoms with Crippen LogP contribution in [-0.2, 0) is 4.79 Å². The fraction of sp³-hybridized carbons (Fsp3) is 0.333. The number of allylic oxidation sites excluding steroid dienone is 1. The summed E-state index contributed by atoms with van der Waals surface area (Å²) in [5.41, 5.74) is -0.525. The van der Waals surface area contributed by atoms with Crippen molar-refractivity contribution in [3.8, 4) is 34.5 Å². The van der Waals surface area contributed by atoms with E-state index in [2.05, 4.69) is 15.4 Å². The van der Waals surface area contributed by atoms with Crippen molar-refractivity contribution in [2.75, 3.05) is 33.8 Å². The van der Waals surface area contributed by atoms with E-state index in [0.717, 1.165) is 0 Å². The molecule has 0 fully saturated rings. The second kappa shape index (κ2) is 9.05. The molecule has 2 aliphatic heterocycles. The van der Waals surface area contributed by atoms with Gasteiger partial charge in [-0.1, -0.05) is 18.5 Å². The first kappa shape index (κ1) is 25.8. The van der Waals surface area contributed by atoms with E-state index in [1.165, 1.54) is 45.5 Å². The summed E-state index contributed by atoms with van der Waals surface area (Å²) in [5, 5.41) is 18.2. The van der Waals surface area contributed by atoms with E-state index < -0.39 is 29.1 Å². The molecule has 2 aromatic carbocycles. The zero-order valence-electron chi connectivity index (χ0n) is 22.2. The average molecular weight is 569 g/mol. The van der Waals surface area contributed by atoms with E-state index in [-0.39, 0.29) is 57.1 Å². The summed E-state index contributed by atoms with van der Waals surface area (Å²) in [6, 6.07) is 3.80. The van der Waals surface area contributed by atoms with Crippen molar-refractivity contribution in [1.29, 1.82) is 0 Å². The summed E-state index contributed by atoms with van der Waals surface area (Å²) in [5.74, 6) is -0.800. The van der Waals surface area contributed by atoms with E-state index in [0.29, 0.717) is 17.2 Å². The second-order valence-corrected chi connectivity index (χ2v) is 10.0. The van der Waals surface area contributed by atoms with Crippen LogP contribution >= 0.6 is 11.6 Å². The molecule has 3 aliphatic rings. The molecule has 40 heavy (non-hydrogen) atoms. The smallest absolute Gasteiger partial charge is 0.236 e.